The highest BCUT2D eigenvalue weighted by Crippen LogP contribution is 2.36. The Morgan fingerprint density at radius 2 is 1.87 bits per heavy atom. The van der Waals surface area contributed by atoms with Gasteiger partial charge < -0.3 is 5.32 Å². The van der Waals surface area contributed by atoms with Crippen LogP contribution in [0.1, 0.15) is 11.1 Å². The summed E-state index contributed by atoms with van der Waals surface area (Å²) >= 11 is 0. The van der Waals surface area contributed by atoms with Crippen LogP contribution in [0.2, 0.25) is 0 Å². The zero-order valence-corrected chi connectivity index (χ0v) is 12.1. The number of benzene rings is 1. The van der Waals surface area contributed by atoms with Crippen molar-refractivity contribution in [2.75, 3.05) is 5.32 Å². The number of aryl methyl sites for hydroxylation is 1. The number of aromatic nitrogens is 3. The van der Waals surface area contributed by atoms with Gasteiger partial charge in [0.05, 0.1) is 23.1 Å². The molecule has 0 aliphatic carbocycles. The molecule has 0 unspecified atom stereocenters. The fraction of sp³-hybridized carbons (Fsp3) is 0.0625. The minimum Gasteiger partial charge on any atom is -0.336 e. The monoisotopic (exact) mass is 311 g/mol. The lowest BCUT2D eigenvalue weighted by atomic mass is 10.1. The van der Waals surface area contributed by atoms with E-state index in [1.807, 2.05) is 13.0 Å². The van der Waals surface area contributed by atoms with Gasteiger partial charge in [0.15, 0.2) is 5.82 Å². The largest absolute Gasteiger partial charge is 0.336 e. The summed E-state index contributed by atoms with van der Waals surface area (Å²) in [5.41, 5.74) is 2.69. The van der Waals surface area contributed by atoms with Gasteiger partial charge >= 0.3 is 0 Å². The number of hydrogen-bond acceptors (Lipinski definition) is 4. The van der Waals surface area contributed by atoms with E-state index in [1.165, 1.54) is 18.2 Å². The van der Waals surface area contributed by atoms with Crippen molar-refractivity contribution in [2.24, 2.45) is 4.99 Å². The summed E-state index contributed by atoms with van der Waals surface area (Å²) in [7, 11) is 0. The van der Waals surface area contributed by atoms with E-state index >= 15 is 0 Å². The highest BCUT2D eigenvalue weighted by molar-refractivity contribution is 6.12. The smallest absolute Gasteiger partial charge is 0.163 e. The normalized spacial score (nSPS) is 12.7. The molecular weight excluding hydrogens is 300 g/mol. The molecule has 0 fully saturated rings. The van der Waals surface area contributed by atoms with Crippen LogP contribution in [-0.4, -0.2) is 21.0 Å². The molecule has 5 nitrogen and oxygen atoms in total. The first-order valence-electron chi connectivity index (χ1n) is 6.94. The molecule has 1 aliphatic heterocycles. The molecule has 0 bridgehead atoms. The third-order valence-corrected chi connectivity index (χ3v) is 3.58. The van der Waals surface area contributed by atoms with E-state index in [9.17, 15) is 8.78 Å². The summed E-state index contributed by atoms with van der Waals surface area (Å²) in [6.45, 7) is 1.91. The third kappa shape index (κ3) is 2.17. The predicted octanol–water partition coefficient (Wildman–Crippen LogP) is 3.56. The van der Waals surface area contributed by atoms with E-state index in [2.05, 4.69) is 25.5 Å². The summed E-state index contributed by atoms with van der Waals surface area (Å²) < 4.78 is 28.2. The summed E-state index contributed by atoms with van der Waals surface area (Å²) in [4.78, 5) is 8.60. The number of fused-ring (bicyclic) bond motifs is 3. The van der Waals surface area contributed by atoms with Gasteiger partial charge in [0.1, 0.15) is 17.5 Å². The van der Waals surface area contributed by atoms with Gasteiger partial charge in [-0.3, -0.25) is 5.10 Å². The molecule has 0 spiro atoms. The molecule has 0 radical (unpaired) electrons. The number of H-pyrrole nitrogens is 1. The van der Waals surface area contributed by atoms with E-state index in [1.54, 1.807) is 12.4 Å². The maximum absolute atomic E-state index is 14.1. The number of nitrogens with zero attached hydrogens (tertiary/aromatic N) is 3. The lowest BCUT2D eigenvalue weighted by molar-refractivity contribution is 0.579. The molecule has 2 aromatic heterocycles. The third-order valence-electron chi connectivity index (χ3n) is 3.58. The van der Waals surface area contributed by atoms with Gasteiger partial charge in [-0.1, -0.05) is 6.07 Å². The van der Waals surface area contributed by atoms with Gasteiger partial charge in [-0.2, -0.15) is 5.10 Å². The maximum Gasteiger partial charge on any atom is 0.163 e. The lowest BCUT2D eigenvalue weighted by Crippen LogP contribution is -2.16. The average Bonchev–Trinajstić information content (AvgIpc) is 2.91. The van der Waals surface area contributed by atoms with Gasteiger partial charge in [0, 0.05) is 11.8 Å². The summed E-state index contributed by atoms with van der Waals surface area (Å²) in [6, 6.07) is 5.58. The molecule has 0 amide bonds. The number of hydrogen-bond donors (Lipinski definition) is 2. The van der Waals surface area contributed by atoms with Gasteiger partial charge in [-0.05, 0) is 30.7 Å². The molecule has 1 aliphatic rings. The Kier molecular flexibility index (Phi) is 2.94. The van der Waals surface area contributed by atoms with Crippen LogP contribution in [0.25, 0.3) is 11.3 Å². The highest BCUT2D eigenvalue weighted by Gasteiger charge is 2.23. The van der Waals surface area contributed by atoms with Crippen molar-refractivity contribution in [3.63, 3.8) is 0 Å². The molecule has 0 saturated heterocycles. The Labute approximate surface area is 130 Å². The van der Waals surface area contributed by atoms with Crippen molar-refractivity contribution in [1.82, 2.24) is 15.2 Å². The number of rotatable bonds is 1. The molecule has 0 saturated carbocycles. The van der Waals surface area contributed by atoms with E-state index in [-0.39, 0.29) is 11.4 Å². The zero-order valence-electron chi connectivity index (χ0n) is 12.1. The Bertz CT molecular complexity index is 925. The molecule has 3 heterocycles. The SMILES string of the molecule is Cc1cnc2c(c1)-c1[nH]ncc1NC(c1c(F)cccc1F)=N2. The lowest BCUT2D eigenvalue weighted by Gasteiger charge is -2.09. The Morgan fingerprint density at radius 3 is 2.65 bits per heavy atom. The van der Waals surface area contributed by atoms with E-state index < -0.39 is 11.6 Å². The second-order valence-electron chi connectivity index (χ2n) is 5.22. The molecule has 3 aromatic rings. The van der Waals surface area contributed by atoms with E-state index in [0.717, 1.165) is 11.1 Å². The molecule has 4 rings (SSSR count). The molecule has 23 heavy (non-hydrogen) atoms. The minimum atomic E-state index is -0.697. The van der Waals surface area contributed by atoms with Crippen LogP contribution in [0.5, 0.6) is 0 Å². The fourth-order valence-electron chi connectivity index (χ4n) is 2.53. The van der Waals surface area contributed by atoms with Crippen molar-refractivity contribution >= 4 is 17.3 Å². The molecule has 7 heteroatoms. The van der Waals surface area contributed by atoms with Gasteiger partial charge in [-0.15, -0.1) is 0 Å². The number of halogens is 2. The van der Waals surface area contributed by atoms with Crippen molar-refractivity contribution in [1.29, 1.82) is 0 Å². The van der Waals surface area contributed by atoms with Crippen LogP contribution in [0.15, 0.2) is 41.7 Å². The Balaban J connectivity index is 1.99. The first kappa shape index (κ1) is 13.6. The van der Waals surface area contributed by atoms with Crippen molar-refractivity contribution in [3.8, 4) is 11.3 Å². The van der Waals surface area contributed by atoms with Gasteiger partial charge in [0.2, 0.25) is 0 Å². The van der Waals surface area contributed by atoms with Crippen LogP contribution in [0.3, 0.4) is 0 Å². The second kappa shape index (κ2) is 4.98. The average molecular weight is 311 g/mol. The first-order chi connectivity index (χ1) is 11.1. The minimum absolute atomic E-state index is 0.0540. The molecule has 0 atom stereocenters. The highest BCUT2D eigenvalue weighted by atomic mass is 19.1. The van der Waals surface area contributed by atoms with Crippen LogP contribution in [-0.2, 0) is 0 Å². The van der Waals surface area contributed by atoms with Crippen molar-refractivity contribution < 1.29 is 8.78 Å². The van der Waals surface area contributed by atoms with E-state index in [0.29, 0.717) is 17.2 Å². The number of pyridine rings is 1. The van der Waals surface area contributed by atoms with Gasteiger partial charge in [0.25, 0.3) is 0 Å². The summed E-state index contributed by atoms with van der Waals surface area (Å²) in [6.07, 6.45) is 3.19. The van der Waals surface area contributed by atoms with Crippen LogP contribution in [0, 0.1) is 18.6 Å². The fourth-order valence-corrected chi connectivity index (χ4v) is 2.53. The quantitative estimate of drug-likeness (QED) is 0.722. The van der Waals surface area contributed by atoms with Crippen molar-refractivity contribution in [2.45, 2.75) is 6.92 Å². The van der Waals surface area contributed by atoms with Crippen LogP contribution < -0.4 is 5.32 Å². The Hall–Kier alpha value is -3.09. The number of aliphatic imine (C=N–C) groups is 1. The molecule has 2 N–H and O–H groups in total. The van der Waals surface area contributed by atoms with E-state index in [4.69, 9.17) is 0 Å². The topological polar surface area (TPSA) is 66.0 Å². The standard InChI is InChI=1S/C16H11F2N5/c1-8-5-9-14-12(7-20-23-14)21-16(22-15(9)19-6-8)13-10(17)3-2-4-11(13)18/h2-7H,1H3,(H,20,23)(H,19,21,22). The van der Waals surface area contributed by atoms with Crippen LogP contribution in [0.4, 0.5) is 20.3 Å². The number of anilines is 1. The second-order valence-corrected chi connectivity index (χ2v) is 5.22. The first-order valence-corrected chi connectivity index (χ1v) is 6.94. The summed E-state index contributed by atoms with van der Waals surface area (Å²) in [5, 5.41) is 9.80. The number of amidine groups is 1. The zero-order chi connectivity index (χ0) is 16.0. The summed E-state index contributed by atoms with van der Waals surface area (Å²) in [5.74, 6) is -0.976. The predicted molar refractivity (Wildman–Crippen MR) is 82.7 cm³/mol. The van der Waals surface area contributed by atoms with Crippen LogP contribution >= 0.6 is 0 Å². The number of aromatic amines is 1. The molecule has 1 aromatic carbocycles. The van der Waals surface area contributed by atoms with Gasteiger partial charge in [-0.25, -0.2) is 18.8 Å². The van der Waals surface area contributed by atoms with Crippen molar-refractivity contribution in [3.05, 3.63) is 59.4 Å². The molecule has 114 valence electrons. The number of nitrogens with one attached hydrogen (secondary N) is 2. The Morgan fingerprint density at radius 1 is 1.09 bits per heavy atom. The maximum atomic E-state index is 14.1. The molecular formula is C16H11F2N5.